The van der Waals surface area contributed by atoms with Crippen molar-refractivity contribution in [2.45, 2.75) is 6.23 Å². The SMILES string of the molecule is c1ccc(-c2ccc(N(c3ccc4c(c3)c3c(c5ccccc54)OC(c4ccccc4)N3)c3cccc4ccccc34)cc2)cc1. The molecule has 1 unspecified atom stereocenters. The molecule has 0 fully saturated rings. The molecular weight excluding hydrogens is 560 g/mol. The van der Waals surface area contributed by atoms with E-state index in [9.17, 15) is 0 Å². The van der Waals surface area contributed by atoms with Crippen molar-refractivity contribution in [1.82, 2.24) is 0 Å². The maximum atomic E-state index is 6.67. The molecule has 0 aliphatic carbocycles. The molecule has 8 aromatic rings. The summed E-state index contributed by atoms with van der Waals surface area (Å²) >= 11 is 0. The van der Waals surface area contributed by atoms with Gasteiger partial charge in [0.1, 0.15) is 0 Å². The van der Waals surface area contributed by atoms with Gasteiger partial charge in [0, 0.05) is 33.1 Å². The smallest absolute Gasteiger partial charge is 0.196 e. The Bertz CT molecular complexity index is 2360. The van der Waals surface area contributed by atoms with E-state index in [1.807, 2.05) is 6.07 Å². The predicted octanol–water partition coefficient (Wildman–Crippen LogP) is 11.8. The highest BCUT2D eigenvalue weighted by molar-refractivity contribution is 6.18. The van der Waals surface area contributed by atoms with Crippen molar-refractivity contribution in [3.63, 3.8) is 0 Å². The number of nitrogens with zero attached hydrogens (tertiary/aromatic N) is 1. The monoisotopic (exact) mass is 590 g/mol. The summed E-state index contributed by atoms with van der Waals surface area (Å²) in [6.45, 7) is 0. The van der Waals surface area contributed by atoms with E-state index in [0.29, 0.717) is 0 Å². The van der Waals surface area contributed by atoms with Crippen LogP contribution in [0.3, 0.4) is 0 Å². The van der Waals surface area contributed by atoms with E-state index in [1.165, 1.54) is 32.7 Å². The highest BCUT2D eigenvalue weighted by atomic mass is 16.5. The second kappa shape index (κ2) is 10.8. The average molecular weight is 591 g/mol. The van der Waals surface area contributed by atoms with Gasteiger partial charge in [0.15, 0.2) is 12.0 Å². The first kappa shape index (κ1) is 26.4. The maximum absolute atomic E-state index is 6.67. The summed E-state index contributed by atoms with van der Waals surface area (Å²) in [7, 11) is 0. The van der Waals surface area contributed by atoms with E-state index in [2.05, 4.69) is 174 Å². The number of benzene rings is 8. The Balaban J connectivity index is 1.25. The number of ether oxygens (including phenoxy) is 1. The minimum Gasteiger partial charge on any atom is -0.464 e. The quantitative estimate of drug-likeness (QED) is 0.202. The molecule has 0 radical (unpaired) electrons. The van der Waals surface area contributed by atoms with E-state index in [0.717, 1.165) is 44.8 Å². The molecular formula is C43H30N2O. The first-order chi connectivity index (χ1) is 22.8. The molecule has 8 aromatic carbocycles. The van der Waals surface area contributed by atoms with Crippen LogP contribution in [-0.2, 0) is 0 Å². The molecule has 1 N–H and O–H groups in total. The Morgan fingerprint density at radius 2 is 1.07 bits per heavy atom. The highest BCUT2D eigenvalue weighted by Gasteiger charge is 2.28. The Hall–Kier alpha value is -6.06. The zero-order valence-electron chi connectivity index (χ0n) is 25.1. The van der Waals surface area contributed by atoms with Crippen LogP contribution in [0.2, 0.25) is 0 Å². The molecule has 0 spiro atoms. The molecule has 0 amide bonds. The summed E-state index contributed by atoms with van der Waals surface area (Å²) in [5, 5.41) is 10.8. The molecule has 1 aliphatic rings. The largest absolute Gasteiger partial charge is 0.464 e. The van der Waals surface area contributed by atoms with Gasteiger partial charge in [-0.25, -0.2) is 0 Å². The fourth-order valence-corrected chi connectivity index (χ4v) is 6.87. The van der Waals surface area contributed by atoms with Gasteiger partial charge in [-0.3, -0.25) is 0 Å². The Labute approximate surface area is 267 Å². The van der Waals surface area contributed by atoms with Crippen molar-refractivity contribution in [2.75, 3.05) is 10.2 Å². The zero-order chi connectivity index (χ0) is 30.5. The minimum absolute atomic E-state index is 0.256. The number of nitrogens with one attached hydrogen (secondary N) is 1. The summed E-state index contributed by atoms with van der Waals surface area (Å²) in [6, 6.07) is 60.3. The third-order valence-electron chi connectivity index (χ3n) is 9.07. The minimum atomic E-state index is -0.256. The number of rotatable bonds is 5. The third kappa shape index (κ3) is 4.36. The predicted molar refractivity (Wildman–Crippen MR) is 193 cm³/mol. The lowest BCUT2D eigenvalue weighted by Crippen LogP contribution is -2.11. The summed E-state index contributed by atoms with van der Waals surface area (Å²) in [5.41, 5.74) is 7.84. The van der Waals surface area contributed by atoms with Crippen molar-refractivity contribution in [2.24, 2.45) is 0 Å². The van der Waals surface area contributed by atoms with Gasteiger partial charge in [-0.15, -0.1) is 0 Å². The second-order valence-corrected chi connectivity index (χ2v) is 11.8. The number of anilines is 4. The number of hydrogen-bond acceptors (Lipinski definition) is 3. The first-order valence-electron chi connectivity index (χ1n) is 15.7. The lowest BCUT2D eigenvalue weighted by Gasteiger charge is -2.27. The van der Waals surface area contributed by atoms with Crippen LogP contribution in [0, 0.1) is 0 Å². The third-order valence-corrected chi connectivity index (χ3v) is 9.07. The van der Waals surface area contributed by atoms with Crippen molar-refractivity contribution in [3.05, 3.63) is 175 Å². The number of hydrogen-bond donors (Lipinski definition) is 1. The normalized spacial score (nSPS) is 13.8. The van der Waals surface area contributed by atoms with Crippen LogP contribution in [0.4, 0.5) is 22.7 Å². The maximum Gasteiger partial charge on any atom is 0.196 e. The van der Waals surface area contributed by atoms with E-state index < -0.39 is 0 Å². The van der Waals surface area contributed by atoms with Crippen molar-refractivity contribution in [3.8, 4) is 16.9 Å². The lowest BCUT2D eigenvalue weighted by atomic mass is 9.98. The van der Waals surface area contributed by atoms with E-state index in [1.54, 1.807) is 0 Å². The van der Waals surface area contributed by atoms with Crippen LogP contribution in [0.25, 0.3) is 43.4 Å². The molecule has 1 aliphatic heterocycles. The van der Waals surface area contributed by atoms with Gasteiger partial charge in [0.25, 0.3) is 0 Å². The number of fused-ring (bicyclic) bond motifs is 7. The summed E-state index contributed by atoms with van der Waals surface area (Å²) < 4.78 is 6.67. The highest BCUT2D eigenvalue weighted by Crippen LogP contribution is 2.50. The molecule has 0 saturated carbocycles. The molecule has 1 atom stereocenters. The van der Waals surface area contributed by atoms with E-state index in [-0.39, 0.29) is 6.23 Å². The second-order valence-electron chi connectivity index (χ2n) is 11.8. The van der Waals surface area contributed by atoms with Crippen LogP contribution in [0.5, 0.6) is 5.75 Å². The molecule has 218 valence electrons. The zero-order valence-corrected chi connectivity index (χ0v) is 25.1. The summed E-state index contributed by atoms with van der Waals surface area (Å²) in [5.74, 6) is 0.901. The van der Waals surface area contributed by atoms with E-state index in [4.69, 9.17) is 4.74 Å². The molecule has 0 aromatic heterocycles. The lowest BCUT2D eigenvalue weighted by molar-refractivity contribution is 0.262. The first-order valence-corrected chi connectivity index (χ1v) is 15.7. The fraction of sp³-hybridized carbons (Fsp3) is 0.0233. The Morgan fingerprint density at radius 1 is 0.457 bits per heavy atom. The average Bonchev–Trinajstić information content (AvgIpc) is 3.59. The molecule has 1 heterocycles. The van der Waals surface area contributed by atoms with Crippen LogP contribution in [0.1, 0.15) is 11.8 Å². The van der Waals surface area contributed by atoms with Crippen molar-refractivity contribution < 1.29 is 4.74 Å². The van der Waals surface area contributed by atoms with Gasteiger partial charge in [-0.05, 0) is 57.6 Å². The van der Waals surface area contributed by atoms with Gasteiger partial charge in [0.2, 0.25) is 0 Å². The van der Waals surface area contributed by atoms with Crippen molar-refractivity contribution in [1.29, 1.82) is 0 Å². The van der Waals surface area contributed by atoms with Crippen LogP contribution in [0.15, 0.2) is 170 Å². The molecule has 46 heavy (non-hydrogen) atoms. The summed E-state index contributed by atoms with van der Waals surface area (Å²) in [6.07, 6.45) is -0.256. The van der Waals surface area contributed by atoms with Gasteiger partial charge in [0.05, 0.1) is 11.4 Å². The molecule has 9 rings (SSSR count). The molecule has 0 bridgehead atoms. The van der Waals surface area contributed by atoms with Crippen LogP contribution < -0.4 is 15.0 Å². The molecule has 0 saturated heterocycles. The van der Waals surface area contributed by atoms with Gasteiger partial charge in [-0.1, -0.05) is 140 Å². The van der Waals surface area contributed by atoms with Crippen LogP contribution >= 0.6 is 0 Å². The van der Waals surface area contributed by atoms with Crippen LogP contribution in [-0.4, -0.2) is 0 Å². The van der Waals surface area contributed by atoms with Gasteiger partial charge in [-0.2, -0.15) is 0 Å². The Morgan fingerprint density at radius 3 is 1.87 bits per heavy atom. The fourth-order valence-electron chi connectivity index (χ4n) is 6.87. The molecule has 3 nitrogen and oxygen atoms in total. The van der Waals surface area contributed by atoms with E-state index >= 15 is 0 Å². The topological polar surface area (TPSA) is 24.5 Å². The van der Waals surface area contributed by atoms with Gasteiger partial charge >= 0.3 is 0 Å². The van der Waals surface area contributed by atoms with Crippen molar-refractivity contribution >= 4 is 55.1 Å². The van der Waals surface area contributed by atoms with Gasteiger partial charge < -0.3 is 15.0 Å². The Kier molecular flexibility index (Phi) is 6.20. The summed E-state index contributed by atoms with van der Waals surface area (Å²) in [4.78, 5) is 2.38. The molecule has 3 heteroatoms. The standard InChI is InChI=1S/C43H30N2O/c1-3-12-29(13-4-1)30-22-24-33(25-23-30)45(40-21-11-17-31-14-7-8-18-35(31)40)34-26-27-37-36-19-9-10-20-38(36)42-41(39(37)28-34)44-43(46-42)32-15-5-2-6-16-32/h1-28,43-44H.